The van der Waals surface area contributed by atoms with Crippen molar-refractivity contribution in [2.75, 3.05) is 5.32 Å². The van der Waals surface area contributed by atoms with Gasteiger partial charge in [0.1, 0.15) is 11.5 Å². The van der Waals surface area contributed by atoms with Crippen LogP contribution in [0.3, 0.4) is 0 Å². The van der Waals surface area contributed by atoms with Crippen LogP contribution in [-0.4, -0.2) is 4.57 Å². The molecule has 1 aromatic heterocycles. The molecule has 3 nitrogen and oxygen atoms in total. The van der Waals surface area contributed by atoms with Gasteiger partial charge >= 0.3 is 0 Å². The first-order valence-corrected chi connectivity index (χ1v) is 15.8. The highest BCUT2D eigenvalue weighted by Gasteiger charge is 2.51. The lowest BCUT2D eigenvalue weighted by Crippen LogP contribution is -2.32. The van der Waals surface area contributed by atoms with Gasteiger partial charge < -0.3 is 14.6 Å². The highest BCUT2D eigenvalue weighted by Crippen LogP contribution is 2.62. The van der Waals surface area contributed by atoms with Gasteiger partial charge in [-0.05, 0) is 76.9 Å². The number of nitrogens with zero attached hydrogens (tertiary/aromatic N) is 1. The quantitative estimate of drug-likeness (QED) is 0.222. The van der Waals surface area contributed by atoms with Crippen molar-refractivity contribution in [3.63, 3.8) is 0 Å². The molecule has 0 amide bonds. The van der Waals surface area contributed by atoms with Gasteiger partial charge in [-0.2, -0.15) is 0 Å². The lowest BCUT2D eigenvalue weighted by Gasteiger charge is -2.39. The Morgan fingerprint density at radius 3 is 1.83 bits per heavy atom. The monoisotopic (exact) mass is 588 g/mol. The summed E-state index contributed by atoms with van der Waals surface area (Å²) in [7, 11) is 0. The normalized spacial score (nSPS) is 13.6. The fourth-order valence-corrected chi connectivity index (χ4v) is 8.00. The van der Waals surface area contributed by atoms with Gasteiger partial charge in [0.05, 0.1) is 16.4 Å². The minimum absolute atomic E-state index is 0.487. The van der Waals surface area contributed by atoms with E-state index in [0.29, 0.717) is 0 Å². The maximum Gasteiger partial charge on any atom is 0.132 e. The third-order valence-corrected chi connectivity index (χ3v) is 9.82. The smallest absolute Gasteiger partial charge is 0.132 e. The number of anilines is 2. The summed E-state index contributed by atoms with van der Waals surface area (Å²) in [6.45, 7) is 0. The summed E-state index contributed by atoms with van der Waals surface area (Å²) >= 11 is 0. The highest BCUT2D eigenvalue weighted by molar-refractivity contribution is 6.10. The van der Waals surface area contributed by atoms with Crippen LogP contribution in [0, 0.1) is 0 Å². The third-order valence-electron chi connectivity index (χ3n) is 9.82. The molecule has 10 rings (SSSR count). The average molecular weight is 589 g/mol. The molecule has 0 fully saturated rings. The number of nitrogens with one attached hydrogen (secondary N) is 1. The van der Waals surface area contributed by atoms with Crippen molar-refractivity contribution in [1.82, 2.24) is 4.57 Å². The first-order chi connectivity index (χ1) is 22.8. The number of benzene rings is 7. The van der Waals surface area contributed by atoms with E-state index in [1.807, 2.05) is 0 Å². The molecular weight excluding hydrogens is 560 g/mol. The third kappa shape index (κ3) is 3.37. The van der Waals surface area contributed by atoms with E-state index in [-0.39, 0.29) is 0 Å². The topological polar surface area (TPSA) is 26.2 Å². The molecule has 7 aromatic carbocycles. The molecular formula is C43H28N2O. The number of fused-ring (bicyclic) bond motifs is 12. The number of para-hydroxylation sites is 4. The van der Waals surface area contributed by atoms with Crippen LogP contribution in [0.15, 0.2) is 164 Å². The molecule has 0 unspecified atom stereocenters. The second kappa shape index (κ2) is 9.47. The van der Waals surface area contributed by atoms with Gasteiger partial charge in [0.2, 0.25) is 0 Å². The van der Waals surface area contributed by atoms with Crippen LogP contribution in [-0.2, 0) is 5.41 Å². The summed E-state index contributed by atoms with van der Waals surface area (Å²) in [5.41, 5.74) is 12.6. The first-order valence-electron chi connectivity index (χ1n) is 15.8. The van der Waals surface area contributed by atoms with Gasteiger partial charge in [0.25, 0.3) is 0 Å². The summed E-state index contributed by atoms with van der Waals surface area (Å²) in [4.78, 5) is 0. The Morgan fingerprint density at radius 2 is 1.02 bits per heavy atom. The van der Waals surface area contributed by atoms with Crippen molar-refractivity contribution < 1.29 is 4.74 Å². The second-order valence-electron chi connectivity index (χ2n) is 12.2. The van der Waals surface area contributed by atoms with Gasteiger partial charge in [-0.25, -0.2) is 0 Å². The van der Waals surface area contributed by atoms with Crippen LogP contribution in [0.25, 0.3) is 38.6 Å². The number of hydrogen-bond acceptors (Lipinski definition) is 2. The van der Waals surface area contributed by atoms with Crippen LogP contribution in [0.1, 0.15) is 22.3 Å². The lowest BCUT2D eigenvalue weighted by molar-refractivity contribution is 0.436. The minimum Gasteiger partial charge on any atom is -0.457 e. The molecule has 0 bridgehead atoms. The van der Waals surface area contributed by atoms with Crippen molar-refractivity contribution in [2.45, 2.75) is 5.41 Å². The molecule has 2 aliphatic rings. The van der Waals surface area contributed by atoms with Crippen LogP contribution in [0.4, 0.5) is 11.4 Å². The zero-order valence-electron chi connectivity index (χ0n) is 24.9. The van der Waals surface area contributed by atoms with Crippen molar-refractivity contribution in [1.29, 1.82) is 0 Å². The molecule has 1 N–H and O–H groups in total. The van der Waals surface area contributed by atoms with E-state index in [1.165, 1.54) is 55.2 Å². The van der Waals surface area contributed by atoms with Gasteiger partial charge in [-0.1, -0.05) is 109 Å². The Labute approximate surface area is 267 Å². The Kier molecular flexibility index (Phi) is 5.20. The molecule has 1 aliphatic carbocycles. The standard InChI is InChI=1S/C43H28N2O/c1-2-12-30(13-3-1)45-39-19-9-5-15-33(39)34-25-23-29(27-40(34)45)44-28-22-24-32-31-14-4-6-16-35(31)43(38(32)26-28)36-17-7-10-20-41(36)46-42-21-11-8-18-37(42)43/h1-27,44H. The molecule has 46 heavy (non-hydrogen) atoms. The van der Waals surface area contributed by atoms with E-state index in [9.17, 15) is 0 Å². The Bertz CT molecular complexity index is 2440. The maximum atomic E-state index is 6.52. The molecule has 0 saturated heterocycles. The molecule has 1 aliphatic heterocycles. The fourth-order valence-electron chi connectivity index (χ4n) is 8.00. The Hall–Kier alpha value is -6.06. The average Bonchev–Trinajstić information content (AvgIpc) is 3.59. The second-order valence-corrected chi connectivity index (χ2v) is 12.2. The summed E-state index contributed by atoms with van der Waals surface area (Å²) in [6.07, 6.45) is 0. The van der Waals surface area contributed by atoms with Crippen LogP contribution < -0.4 is 10.1 Å². The largest absolute Gasteiger partial charge is 0.457 e. The van der Waals surface area contributed by atoms with Crippen molar-refractivity contribution in [3.05, 3.63) is 186 Å². The Morgan fingerprint density at radius 1 is 0.435 bits per heavy atom. The molecule has 8 aromatic rings. The van der Waals surface area contributed by atoms with Gasteiger partial charge in [-0.3, -0.25) is 0 Å². The predicted molar refractivity (Wildman–Crippen MR) is 188 cm³/mol. The van der Waals surface area contributed by atoms with E-state index >= 15 is 0 Å². The van der Waals surface area contributed by atoms with Crippen LogP contribution >= 0.6 is 0 Å². The number of aromatic nitrogens is 1. The summed E-state index contributed by atoms with van der Waals surface area (Å²) in [5, 5.41) is 6.29. The van der Waals surface area contributed by atoms with Crippen molar-refractivity contribution in [3.8, 4) is 28.3 Å². The van der Waals surface area contributed by atoms with Gasteiger partial charge in [-0.15, -0.1) is 0 Å². The van der Waals surface area contributed by atoms with Crippen molar-refractivity contribution >= 4 is 33.2 Å². The highest BCUT2D eigenvalue weighted by atomic mass is 16.5. The van der Waals surface area contributed by atoms with Crippen LogP contribution in [0.2, 0.25) is 0 Å². The molecule has 0 saturated carbocycles. The summed E-state index contributed by atoms with van der Waals surface area (Å²) in [5.74, 6) is 1.81. The SMILES string of the molecule is c1ccc(-n2c3ccccc3c3ccc(Nc4ccc5c(c4)C4(c6ccccc6Oc6ccccc64)c4ccccc4-5)cc32)cc1. The van der Waals surface area contributed by atoms with E-state index in [0.717, 1.165) is 28.6 Å². The van der Waals surface area contributed by atoms with Crippen molar-refractivity contribution in [2.24, 2.45) is 0 Å². The fraction of sp³-hybridized carbons (Fsp3) is 0.0233. The van der Waals surface area contributed by atoms with Gasteiger partial charge in [0.15, 0.2) is 0 Å². The van der Waals surface area contributed by atoms with E-state index in [2.05, 4.69) is 174 Å². The molecule has 0 atom stereocenters. The number of ether oxygens (including phenoxy) is 1. The zero-order chi connectivity index (χ0) is 30.2. The van der Waals surface area contributed by atoms with Crippen LogP contribution in [0.5, 0.6) is 11.5 Å². The molecule has 216 valence electrons. The Balaban J connectivity index is 1.17. The molecule has 1 spiro atoms. The minimum atomic E-state index is -0.487. The molecule has 0 radical (unpaired) electrons. The number of hydrogen-bond donors (Lipinski definition) is 1. The predicted octanol–water partition coefficient (Wildman–Crippen LogP) is 11.0. The summed E-state index contributed by atoms with van der Waals surface area (Å²) < 4.78 is 8.88. The van der Waals surface area contributed by atoms with E-state index < -0.39 is 5.41 Å². The zero-order valence-corrected chi connectivity index (χ0v) is 24.9. The van der Waals surface area contributed by atoms with Gasteiger partial charge in [0, 0.05) is 39.0 Å². The van der Waals surface area contributed by atoms with E-state index in [4.69, 9.17) is 4.74 Å². The lowest BCUT2D eigenvalue weighted by atomic mass is 9.66. The summed E-state index contributed by atoms with van der Waals surface area (Å²) in [6, 6.07) is 58.7. The maximum absolute atomic E-state index is 6.52. The number of rotatable bonds is 3. The molecule has 2 heterocycles. The molecule has 3 heteroatoms. The first kappa shape index (κ1) is 25.3. The van der Waals surface area contributed by atoms with E-state index in [1.54, 1.807) is 0 Å².